The van der Waals surface area contributed by atoms with Crippen molar-refractivity contribution in [3.05, 3.63) is 24.5 Å². The fourth-order valence-corrected chi connectivity index (χ4v) is 1.24. The van der Waals surface area contributed by atoms with E-state index in [1.54, 1.807) is 26.2 Å². The van der Waals surface area contributed by atoms with Crippen molar-refractivity contribution in [2.45, 2.75) is 19.4 Å². The number of anilines is 1. The Morgan fingerprint density at radius 2 is 2.19 bits per heavy atom. The Bertz CT molecular complexity index is 493. The van der Waals surface area contributed by atoms with Gasteiger partial charge in [0.05, 0.1) is 5.60 Å². The fraction of sp³-hybridized carbons (Fsp3) is 0.364. The largest absolute Gasteiger partial charge is 0.389 e. The highest BCUT2D eigenvalue weighted by Crippen LogP contribution is 2.10. The molecule has 0 bridgehead atoms. The average molecular weight is 218 g/mol. The first-order valence-electron chi connectivity index (χ1n) is 5.09. The van der Waals surface area contributed by atoms with Crippen LogP contribution < -0.4 is 5.32 Å². The molecule has 16 heavy (non-hydrogen) atoms. The Morgan fingerprint density at radius 1 is 1.38 bits per heavy atom. The van der Waals surface area contributed by atoms with Crippen molar-refractivity contribution in [1.82, 2.24) is 15.0 Å². The minimum absolute atomic E-state index is 0.394. The number of hydrogen-bond donors (Lipinski definition) is 2. The van der Waals surface area contributed by atoms with Crippen LogP contribution in [0.1, 0.15) is 13.8 Å². The lowest BCUT2D eigenvalue weighted by molar-refractivity contribution is 0.0943. The monoisotopic (exact) mass is 218 g/mol. The van der Waals surface area contributed by atoms with E-state index in [1.165, 1.54) is 0 Å². The number of rotatable bonds is 3. The fourth-order valence-electron chi connectivity index (χ4n) is 1.24. The molecule has 2 heterocycles. The van der Waals surface area contributed by atoms with Crippen molar-refractivity contribution in [1.29, 1.82) is 0 Å². The summed E-state index contributed by atoms with van der Waals surface area (Å²) in [6.45, 7) is 3.84. The molecule has 2 N–H and O–H groups in total. The first-order chi connectivity index (χ1) is 7.54. The maximum Gasteiger partial charge on any atom is 0.224 e. The van der Waals surface area contributed by atoms with Crippen molar-refractivity contribution in [2.24, 2.45) is 0 Å². The number of pyridine rings is 1. The van der Waals surface area contributed by atoms with Crippen LogP contribution >= 0.6 is 0 Å². The Labute approximate surface area is 93.6 Å². The van der Waals surface area contributed by atoms with Gasteiger partial charge in [-0.25, -0.2) is 9.97 Å². The molecule has 2 aromatic heterocycles. The van der Waals surface area contributed by atoms with Gasteiger partial charge in [-0.15, -0.1) is 0 Å². The van der Waals surface area contributed by atoms with Gasteiger partial charge in [0.1, 0.15) is 0 Å². The SMILES string of the molecule is CC(C)(O)CNc1ncc2cccnc2n1. The smallest absolute Gasteiger partial charge is 0.224 e. The molecule has 0 aliphatic rings. The molecule has 0 aliphatic heterocycles. The topological polar surface area (TPSA) is 70.9 Å². The zero-order chi connectivity index (χ0) is 11.6. The van der Waals surface area contributed by atoms with Gasteiger partial charge in [0, 0.05) is 24.3 Å². The molecule has 0 amide bonds. The van der Waals surface area contributed by atoms with Crippen LogP contribution in [0.3, 0.4) is 0 Å². The maximum atomic E-state index is 9.56. The molecule has 0 radical (unpaired) electrons. The lowest BCUT2D eigenvalue weighted by Gasteiger charge is -2.17. The highest BCUT2D eigenvalue weighted by molar-refractivity contribution is 5.74. The molecule has 5 nitrogen and oxygen atoms in total. The molecule has 0 fully saturated rings. The minimum atomic E-state index is -0.789. The molecular formula is C11H14N4O. The summed E-state index contributed by atoms with van der Waals surface area (Å²) in [5.41, 5.74) is -0.140. The summed E-state index contributed by atoms with van der Waals surface area (Å²) in [4.78, 5) is 12.5. The molecule has 2 aromatic rings. The molecule has 0 saturated heterocycles. The molecular weight excluding hydrogens is 204 g/mol. The van der Waals surface area contributed by atoms with Crippen LogP contribution in [0.25, 0.3) is 11.0 Å². The van der Waals surface area contributed by atoms with Crippen molar-refractivity contribution in [2.75, 3.05) is 11.9 Å². The van der Waals surface area contributed by atoms with Gasteiger partial charge in [0.2, 0.25) is 5.95 Å². The van der Waals surface area contributed by atoms with Crippen molar-refractivity contribution in [3.63, 3.8) is 0 Å². The molecule has 0 spiro atoms. The van der Waals surface area contributed by atoms with E-state index in [9.17, 15) is 5.11 Å². The lowest BCUT2D eigenvalue weighted by atomic mass is 10.1. The quantitative estimate of drug-likeness (QED) is 0.810. The number of hydrogen-bond acceptors (Lipinski definition) is 5. The van der Waals surface area contributed by atoms with E-state index in [0.717, 1.165) is 5.39 Å². The van der Waals surface area contributed by atoms with Gasteiger partial charge in [-0.3, -0.25) is 0 Å². The summed E-state index contributed by atoms with van der Waals surface area (Å²) in [6.07, 6.45) is 3.40. The summed E-state index contributed by atoms with van der Waals surface area (Å²) in [6, 6.07) is 3.75. The van der Waals surface area contributed by atoms with E-state index in [4.69, 9.17) is 0 Å². The Balaban J connectivity index is 2.20. The molecule has 0 aliphatic carbocycles. The van der Waals surface area contributed by atoms with Gasteiger partial charge in [0.25, 0.3) is 0 Å². The first kappa shape index (κ1) is 10.8. The molecule has 0 saturated carbocycles. The van der Waals surface area contributed by atoms with Gasteiger partial charge in [-0.1, -0.05) is 0 Å². The Morgan fingerprint density at radius 3 is 2.94 bits per heavy atom. The Hall–Kier alpha value is -1.75. The van der Waals surface area contributed by atoms with Gasteiger partial charge >= 0.3 is 0 Å². The van der Waals surface area contributed by atoms with E-state index in [2.05, 4.69) is 20.3 Å². The normalized spacial score (nSPS) is 11.7. The van der Waals surface area contributed by atoms with Crippen LogP contribution in [0.5, 0.6) is 0 Å². The van der Waals surface area contributed by atoms with Gasteiger partial charge < -0.3 is 10.4 Å². The van der Waals surface area contributed by atoms with Crippen LogP contribution in [0.2, 0.25) is 0 Å². The second kappa shape index (κ2) is 4.02. The number of nitrogens with one attached hydrogen (secondary N) is 1. The van der Waals surface area contributed by atoms with E-state index >= 15 is 0 Å². The second-order valence-corrected chi connectivity index (χ2v) is 4.28. The number of nitrogens with zero attached hydrogens (tertiary/aromatic N) is 3. The number of aliphatic hydroxyl groups is 1. The summed E-state index contributed by atoms with van der Waals surface area (Å²) in [5, 5.41) is 13.4. The standard InChI is InChI=1S/C11H14N4O/c1-11(2,16)7-14-10-13-6-8-4-3-5-12-9(8)15-10/h3-6,16H,7H2,1-2H3,(H,12,13,14,15). The molecule has 0 atom stereocenters. The zero-order valence-corrected chi connectivity index (χ0v) is 9.31. The van der Waals surface area contributed by atoms with Gasteiger partial charge in [0.15, 0.2) is 5.65 Å². The van der Waals surface area contributed by atoms with Gasteiger partial charge in [-0.05, 0) is 26.0 Å². The number of fused-ring (bicyclic) bond motifs is 1. The lowest BCUT2D eigenvalue weighted by Crippen LogP contribution is -2.29. The van der Waals surface area contributed by atoms with Crippen LogP contribution in [0.4, 0.5) is 5.95 Å². The predicted octanol–water partition coefficient (Wildman–Crippen LogP) is 1.21. The summed E-state index contributed by atoms with van der Waals surface area (Å²) in [5.74, 6) is 0.480. The zero-order valence-electron chi connectivity index (χ0n) is 9.31. The third kappa shape index (κ3) is 2.64. The molecule has 84 valence electrons. The van der Waals surface area contributed by atoms with E-state index in [0.29, 0.717) is 18.1 Å². The second-order valence-electron chi connectivity index (χ2n) is 4.28. The van der Waals surface area contributed by atoms with Gasteiger partial charge in [-0.2, -0.15) is 4.98 Å². The van der Waals surface area contributed by atoms with Crippen LogP contribution in [-0.4, -0.2) is 32.2 Å². The highest BCUT2D eigenvalue weighted by atomic mass is 16.3. The summed E-state index contributed by atoms with van der Waals surface area (Å²) >= 11 is 0. The molecule has 5 heteroatoms. The van der Waals surface area contributed by atoms with Crippen molar-refractivity contribution >= 4 is 17.0 Å². The van der Waals surface area contributed by atoms with Crippen LogP contribution in [-0.2, 0) is 0 Å². The molecule has 0 unspecified atom stereocenters. The van der Waals surface area contributed by atoms with Crippen LogP contribution in [0, 0.1) is 0 Å². The molecule has 2 rings (SSSR count). The first-order valence-corrected chi connectivity index (χ1v) is 5.09. The van der Waals surface area contributed by atoms with E-state index in [-0.39, 0.29) is 0 Å². The summed E-state index contributed by atoms with van der Waals surface area (Å²) in [7, 11) is 0. The number of aromatic nitrogens is 3. The van der Waals surface area contributed by atoms with E-state index in [1.807, 2.05) is 12.1 Å². The minimum Gasteiger partial charge on any atom is -0.389 e. The van der Waals surface area contributed by atoms with Crippen molar-refractivity contribution < 1.29 is 5.11 Å². The summed E-state index contributed by atoms with van der Waals surface area (Å²) < 4.78 is 0. The molecule has 0 aromatic carbocycles. The Kier molecular flexibility index (Phi) is 2.70. The average Bonchev–Trinajstić information content (AvgIpc) is 2.25. The predicted molar refractivity (Wildman–Crippen MR) is 62.1 cm³/mol. The highest BCUT2D eigenvalue weighted by Gasteiger charge is 2.12. The van der Waals surface area contributed by atoms with E-state index < -0.39 is 5.60 Å². The third-order valence-electron chi connectivity index (χ3n) is 2.03. The third-order valence-corrected chi connectivity index (χ3v) is 2.03. The van der Waals surface area contributed by atoms with Crippen LogP contribution in [0.15, 0.2) is 24.5 Å². The maximum absolute atomic E-state index is 9.56. The van der Waals surface area contributed by atoms with Crippen molar-refractivity contribution in [3.8, 4) is 0 Å².